The van der Waals surface area contributed by atoms with Gasteiger partial charge in [0.05, 0.1) is 13.2 Å². The van der Waals surface area contributed by atoms with E-state index in [1.54, 1.807) is 0 Å². The Kier molecular flexibility index (Phi) is 2.87. The first-order chi connectivity index (χ1) is 7.53. The maximum atomic E-state index is 12.2. The molecule has 0 spiro atoms. The van der Waals surface area contributed by atoms with Crippen LogP contribution in [0.2, 0.25) is 0 Å². The van der Waals surface area contributed by atoms with Gasteiger partial charge in [-0.2, -0.15) is 4.31 Å². The second-order valence-electron chi connectivity index (χ2n) is 3.47. The van der Waals surface area contributed by atoms with Crippen LogP contribution in [-0.4, -0.2) is 44.2 Å². The van der Waals surface area contributed by atoms with Crippen molar-refractivity contribution in [1.29, 1.82) is 0 Å². The number of aromatic nitrogens is 1. The third-order valence-electron chi connectivity index (χ3n) is 2.40. The second-order valence-corrected chi connectivity index (χ2v) is 5.34. The van der Waals surface area contributed by atoms with E-state index in [0.717, 1.165) is 0 Å². The summed E-state index contributed by atoms with van der Waals surface area (Å²) < 4.78 is 35.5. The van der Waals surface area contributed by atoms with Gasteiger partial charge in [0, 0.05) is 13.1 Å². The smallest absolute Gasteiger partial charge is 0.250 e. The minimum atomic E-state index is -3.61. The molecule has 1 aliphatic heterocycles. The number of ether oxygens (including phenoxy) is 1. The Bertz CT molecular complexity index is 456. The van der Waals surface area contributed by atoms with Gasteiger partial charge in [0.15, 0.2) is 16.5 Å². The van der Waals surface area contributed by atoms with Crippen LogP contribution in [-0.2, 0) is 14.8 Å². The van der Waals surface area contributed by atoms with Gasteiger partial charge in [-0.25, -0.2) is 8.42 Å². The molecule has 0 aliphatic carbocycles. The molecule has 0 unspecified atom stereocenters. The summed E-state index contributed by atoms with van der Waals surface area (Å²) >= 11 is 0. The number of nitrogens with two attached hydrogens (primary N) is 1. The predicted molar refractivity (Wildman–Crippen MR) is 55.2 cm³/mol. The molecule has 2 rings (SSSR count). The summed E-state index contributed by atoms with van der Waals surface area (Å²) in [4.78, 5) is -0.0330. The van der Waals surface area contributed by atoms with E-state index in [1.165, 1.54) is 11.2 Å². The molecule has 0 bridgehead atoms. The van der Waals surface area contributed by atoms with Gasteiger partial charge >= 0.3 is 0 Å². The molecule has 16 heavy (non-hydrogen) atoms. The lowest BCUT2D eigenvalue weighted by Crippen LogP contribution is -2.40. The number of hydrogen-bond acceptors (Lipinski definition) is 6. The lowest BCUT2D eigenvalue weighted by atomic mass is 10.5. The Morgan fingerprint density at radius 1 is 1.38 bits per heavy atom. The average molecular weight is 247 g/mol. The van der Waals surface area contributed by atoms with Crippen LogP contribution in [0.5, 0.6) is 0 Å². The maximum Gasteiger partial charge on any atom is 0.250 e. The van der Waals surface area contributed by atoms with Gasteiger partial charge in [0.1, 0.15) is 0 Å². The molecule has 8 heteroatoms. The molecule has 1 fully saturated rings. The third-order valence-corrected chi connectivity index (χ3v) is 4.46. The van der Waals surface area contributed by atoms with Gasteiger partial charge in [-0.05, 0) is 6.92 Å². The standard InChI is InChI=1S/C8H13N3O4S/c1-6-7(8(9)10-15-6)16(12,13)11-2-4-14-5-3-11/h2-5H2,1H3,(H2,9,10). The van der Waals surface area contributed by atoms with E-state index in [0.29, 0.717) is 26.3 Å². The Morgan fingerprint density at radius 3 is 2.50 bits per heavy atom. The van der Waals surface area contributed by atoms with E-state index in [4.69, 9.17) is 15.0 Å². The minimum absolute atomic E-state index is 0.0330. The summed E-state index contributed by atoms with van der Waals surface area (Å²) in [6.45, 7) is 2.96. The number of morpholine rings is 1. The Labute approximate surface area is 93.2 Å². The molecular formula is C8H13N3O4S. The van der Waals surface area contributed by atoms with Crippen molar-refractivity contribution in [2.75, 3.05) is 32.0 Å². The summed E-state index contributed by atoms with van der Waals surface area (Å²) in [6, 6.07) is 0. The topological polar surface area (TPSA) is 98.7 Å². The zero-order chi connectivity index (χ0) is 11.8. The van der Waals surface area contributed by atoms with E-state index in [2.05, 4.69) is 5.16 Å². The highest BCUT2D eigenvalue weighted by atomic mass is 32.2. The normalized spacial score (nSPS) is 18.8. The average Bonchev–Trinajstić information content (AvgIpc) is 2.60. The van der Waals surface area contributed by atoms with Crippen molar-refractivity contribution < 1.29 is 17.7 Å². The third kappa shape index (κ3) is 1.79. The Balaban J connectivity index is 2.38. The van der Waals surface area contributed by atoms with Crippen LogP contribution in [0.3, 0.4) is 0 Å². The van der Waals surface area contributed by atoms with Gasteiger partial charge < -0.3 is 15.0 Å². The predicted octanol–water partition coefficient (Wildman–Crippen LogP) is -0.414. The number of nitrogens with zero attached hydrogens (tertiary/aromatic N) is 2. The lowest BCUT2D eigenvalue weighted by molar-refractivity contribution is 0.0730. The molecule has 0 amide bonds. The SMILES string of the molecule is Cc1onc(N)c1S(=O)(=O)N1CCOCC1. The summed E-state index contributed by atoms with van der Waals surface area (Å²) in [5.74, 6) is 0.119. The zero-order valence-corrected chi connectivity index (χ0v) is 9.66. The van der Waals surface area contributed by atoms with Gasteiger partial charge in [0.2, 0.25) is 0 Å². The van der Waals surface area contributed by atoms with Crippen LogP contribution in [0.15, 0.2) is 9.42 Å². The van der Waals surface area contributed by atoms with Crippen molar-refractivity contribution in [3.8, 4) is 0 Å². The maximum absolute atomic E-state index is 12.2. The second kappa shape index (κ2) is 4.04. The highest BCUT2D eigenvalue weighted by molar-refractivity contribution is 7.89. The molecule has 0 saturated carbocycles. The van der Waals surface area contributed by atoms with Crippen LogP contribution in [0, 0.1) is 6.92 Å². The molecule has 0 aromatic carbocycles. The van der Waals surface area contributed by atoms with Crippen molar-refractivity contribution in [3.63, 3.8) is 0 Å². The number of hydrogen-bond donors (Lipinski definition) is 1. The van der Waals surface area contributed by atoms with Crippen LogP contribution in [0.1, 0.15) is 5.76 Å². The van der Waals surface area contributed by atoms with Crippen molar-refractivity contribution in [2.24, 2.45) is 0 Å². The van der Waals surface area contributed by atoms with Crippen molar-refractivity contribution in [2.45, 2.75) is 11.8 Å². The number of anilines is 1. The van der Waals surface area contributed by atoms with Crippen LogP contribution < -0.4 is 5.73 Å². The molecule has 0 atom stereocenters. The quantitative estimate of drug-likeness (QED) is 0.762. The van der Waals surface area contributed by atoms with Gasteiger partial charge in [-0.15, -0.1) is 0 Å². The van der Waals surface area contributed by atoms with Gasteiger partial charge in [-0.1, -0.05) is 5.16 Å². The zero-order valence-electron chi connectivity index (χ0n) is 8.84. The van der Waals surface area contributed by atoms with Crippen LogP contribution in [0.4, 0.5) is 5.82 Å². The molecule has 1 saturated heterocycles. The van der Waals surface area contributed by atoms with Crippen molar-refractivity contribution >= 4 is 15.8 Å². The molecule has 1 aliphatic rings. The summed E-state index contributed by atoms with van der Waals surface area (Å²) in [7, 11) is -3.61. The number of nitrogen functional groups attached to an aromatic ring is 1. The number of rotatable bonds is 2. The van der Waals surface area contributed by atoms with Crippen LogP contribution in [0.25, 0.3) is 0 Å². The van der Waals surface area contributed by atoms with Crippen LogP contribution >= 0.6 is 0 Å². The lowest BCUT2D eigenvalue weighted by Gasteiger charge is -2.25. The first kappa shape index (κ1) is 11.4. The molecule has 0 radical (unpaired) electrons. The monoisotopic (exact) mass is 247 g/mol. The molecule has 2 N–H and O–H groups in total. The first-order valence-corrected chi connectivity index (χ1v) is 6.27. The van der Waals surface area contributed by atoms with E-state index >= 15 is 0 Å². The van der Waals surface area contributed by atoms with Crippen molar-refractivity contribution in [1.82, 2.24) is 9.46 Å². The first-order valence-electron chi connectivity index (χ1n) is 4.83. The van der Waals surface area contributed by atoms with Gasteiger partial charge in [-0.3, -0.25) is 0 Å². The van der Waals surface area contributed by atoms with E-state index in [-0.39, 0.29) is 16.5 Å². The number of sulfonamides is 1. The van der Waals surface area contributed by atoms with E-state index in [1.807, 2.05) is 0 Å². The van der Waals surface area contributed by atoms with E-state index < -0.39 is 10.0 Å². The van der Waals surface area contributed by atoms with Gasteiger partial charge in [0.25, 0.3) is 10.0 Å². The highest BCUT2D eigenvalue weighted by Gasteiger charge is 2.32. The van der Waals surface area contributed by atoms with Crippen molar-refractivity contribution in [3.05, 3.63) is 5.76 Å². The molecule has 1 aromatic heterocycles. The summed E-state index contributed by atoms with van der Waals surface area (Å²) in [5, 5.41) is 3.44. The summed E-state index contributed by atoms with van der Waals surface area (Å²) in [6.07, 6.45) is 0. The Morgan fingerprint density at radius 2 is 2.00 bits per heavy atom. The summed E-state index contributed by atoms with van der Waals surface area (Å²) in [5.41, 5.74) is 5.49. The van der Waals surface area contributed by atoms with E-state index in [9.17, 15) is 8.42 Å². The molecule has 90 valence electrons. The Hall–Kier alpha value is -1.12. The molecule has 7 nitrogen and oxygen atoms in total. The fourth-order valence-electron chi connectivity index (χ4n) is 1.61. The highest BCUT2D eigenvalue weighted by Crippen LogP contribution is 2.25. The molecular weight excluding hydrogens is 234 g/mol. The molecule has 2 heterocycles. The fraction of sp³-hybridized carbons (Fsp3) is 0.625. The minimum Gasteiger partial charge on any atom is -0.380 e. The fourth-order valence-corrected chi connectivity index (χ4v) is 3.20. The number of aryl methyl sites for hydroxylation is 1. The molecule has 1 aromatic rings. The largest absolute Gasteiger partial charge is 0.380 e.